The number of hydrogen-bond donors (Lipinski definition) is 2. The molecule has 0 aromatic heterocycles. The molecule has 0 amide bonds. The van der Waals surface area contributed by atoms with Crippen LogP contribution in [-0.2, 0) is 4.79 Å². The summed E-state index contributed by atoms with van der Waals surface area (Å²) in [5.41, 5.74) is 5.92. The summed E-state index contributed by atoms with van der Waals surface area (Å²) >= 11 is 0. The molecule has 0 aliphatic heterocycles. The largest absolute Gasteiger partial charge is 0.481 e. The van der Waals surface area contributed by atoms with Crippen molar-refractivity contribution < 1.29 is 9.90 Å². The van der Waals surface area contributed by atoms with Crippen LogP contribution in [-0.4, -0.2) is 17.1 Å². The van der Waals surface area contributed by atoms with E-state index in [9.17, 15) is 4.79 Å². The van der Waals surface area contributed by atoms with E-state index >= 15 is 0 Å². The van der Waals surface area contributed by atoms with Gasteiger partial charge in [0.05, 0.1) is 0 Å². The zero-order chi connectivity index (χ0) is 10.2. The van der Waals surface area contributed by atoms with E-state index in [4.69, 9.17) is 10.8 Å². The molecule has 13 heavy (non-hydrogen) atoms. The van der Waals surface area contributed by atoms with E-state index in [1.807, 2.05) is 6.92 Å². The fraction of sp³-hybridized carbons (Fsp3) is 0.900. The molecular weight excluding hydrogens is 166 g/mol. The van der Waals surface area contributed by atoms with Gasteiger partial charge in [0, 0.05) is 12.5 Å². The van der Waals surface area contributed by atoms with Crippen molar-refractivity contribution in [2.45, 2.75) is 39.7 Å². The van der Waals surface area contributed by atoms with Gasteiger partial charge in [-0.2, -0.15) is 0 Å². The van der Waals surface area contributed by atoms with E-state index in [-0.39, 0.29) is 17.9 Å². The lowest BCUT2D eigenvalue weighted by Gasteiger charge is -2.53. The Hall–Kier alpha value is -0.570. The lowest BCUT2D eigenvalue weighted by molar-refractivity contribution is -0.143. The molecule has 0 unspecified atom stereocenters. The molecule has 1 aliphatic carbocycles. The minimum absolute atomic E-state index is 0.104. The van der Waals surface area contributed by atoms with Crippen molar-refractivity contribution in [1.29, 1.82) is 0 Å². The zero-order valence-electron chi connectivity index (χ0n) is 8.58. The van der Waals surface area contributed by atoms with E-state index in [0.29, 0.717) is 11.8 Å². The van der Waals surface area contributed by atoms with Gasteiger partial charge in [0.2, 0.25) is 0 Å². The summed E-state index contributed by atoms with van der Waals surface area (Å²) < 4.78 is 0. The summed E-state index contributed by atoms with van der Waals surface area (Å²) in [6.07, 6.45) is 1.26. The van der Waals surface area contributed by atoms with Crippen LogP contribution >= 0.6 is 0 Å². The standard InChI is InChI=1S/C10H19NO2/c1-6(11)8-4-7(5-9(12)13)10(8,2)3/h6-8H,4-5,11H2,1-3H3,(H,12,13)/t6-,7-,8+/m1/s1. The quantitative estimate of drug-likeness (QED) is 0.699. The highest BCUT2D eigenvalue weighted by atomic mass is 16.4. The Morgan fingerprint density at radius 1 is 1.69 bits per heavy atom. The summed E-state index contributed by atoms with van der Waals surface area (Å²) in [6.45, 7) is 6.25. The average molecular weight is 185 g/mol. The Labute approximate surface area is 79.3 Å². The van der Waals surface area contributed by atoms with Crippen LogP contribution in [0.4, 0.5) is 0 Å². The molecule has 0 aromatic rings. The molecular formula is C10H19NO2. The Bertz CT molecular complexity index is 211. The van der Waals surface area contributed by atoms with Crippen LogP contribution in [0.2, 0.25) is 0 Å². The highest BCUT2D eigenvalue weighted by Gasteiger charge is 2.49. The molecule has 3 N–H and O–H groups in total. The molecule has 0 bridgehead atoms. The summed E-state index contributed by atoms with van der Waals surface area (Å²) in [5.74, 6) is 0.0963. The fourth-order valence-electron chi connectivity index (χ4n) is 2.51. The maximum Gasteiger partial charge on any atom is 0.303 e. The van der Waals surface area contributed by atoms with Crippen LogP contribution in [0.5, 0.6) is 0 Å². The maximum absolute atomic E-state index is 10.5. The Morgan fingerprint density at radius 3 is 2.54 bits per heavy atom. The summed E-state index contributed by atoms with van der Waals surface area (Å²) in [7, 11) is 0. The Morgan fingerprint density at radius 2 is 2.23 bits per heavy atom. The normalized spacial score (nSPS) is 33.5. The Kier molecular flexibility index (Phi) is 2.66. The number of rotatable bonds is 3. The van der Waals surface area contributed by atoms with Crippen LogP contribution in [0.3, 0.4) is 0 Å². The second kappa shape index (κ2) is 3.29. The monoisotopic (exact) mass is 185 g/mol. The van der Waals surface area contributed by atoms with Crippen molar-refractivity contribution in [3.05, 3.63) is 0 Å². The number of carbonyl (C=O) groups is 1. The first-order valence-corrected chi connectivity index (χ1v) is 4.83. The molecule has 0 radical (unpaired) electrons. The Balaban J connectivity index is 2.54. The minimum Gasteiger partial charge on any atom is -0.481 e. The molecule has 3 nitrogen and oxygen atoms in total. The predicted octanol–water partition coefficient (Wildman–Crippen LogP) is 1.47. The van der Waals surface area contributed by atoms with Crippen LogP contribution in [0.25, 0.3) is 0 Å². The minimum atomic E-state index is -0.693. The van der Waals surface area contributed by atoms with Gasteiger partial charge < -0.3 is 10.8 Å². The summed E-state index contributed by atoms with van der Waals surface area (Å²) in [4.78, 5) is 10.5. The van der Waals surface area contributed by atoms with Gasteiger partial charge in [-0.3, -0.25) is 4.79 Å². The number of carboxylic acid groups (broad SMARTS) is 1. The van der Waals surface area contributed by atoms with Crippen molar-refractivity contribution in [2.24, 2.45) is 23.0 Å². The average Bonchev–Trinajstić information content (AvgIpc) is 1.96. The third-order valence-electron chi connectivity index (χ3n) is 3.60. The first-order valence-electron chi connectivity index (χ1n) is 4.83. The van der Waals surface area contributed by atoms with Crippen LogP contribution in [0.1, 0.15) is 33.6 Å². The fourth-order valence-corrected chi connectivity index (χ4v) is 2.51. The maximum atomic E-state index is 10.5. The van der Waals surface area contributed by atoms with E-state index in [1.165, 1.54) is 0 Å². The SMILES string of the molecule is C[C@@H](N)[C@@H]1C[C@H](CC(=O)O)C1(C)C. The highest BCUT2D eigenvalue weighted by Crippen LogP contribution is 2.53. The van der Waals surface area contributed by atoms with Crippen molar-refractivity contribution in [3.8, 4) is 0 Å². The van der Waals surface area contributed by atoms with Crippen molar-refractivity contribution >= 4 is 5.97 Å². The lowest BCUT2D eigenvalue weighted by Crippen LogP contribution is -2.52. The molecule has 3 atom stereocenters. The van der Waals surface area contributed by atoms with Gasteiger partial charge in [0.15, 0.2) is 0 Å². The number of aliphatic carboxylic acids is 1. The van der Waals surface area contributed by atoms with Crippen molar-refractivity contribution in [1.82, 2.24) is 0 Å². The highest BCUT2D eigenvalue weighted by molar-refractivity contribution is 5.67. The summed E-state index contributed by atoms with van der Waals surface area (Å²) in [6, 6.07) is 0.181. The van der Waals surface area contributed by atoms with Crippen LogP contribution in [0, 0.1) is 17.3 Å². The third-order valence-corrected chi connectivity index (χ3v) is 3.60. The van der Waals surface area contributed by atoms with Crippen LogP contribution < -0.4 is 5.73 Å². The van der Waals surface area contributed by atoms with Gasteiger partial charge in [-0.05, 0) is 30.6 Å². The van der Waals surface area contributed by atoms with Crippen LogP contribution in [0.15, 0.2) is 0 Å². The van der Waals surface area contributed by atoms with E-state index in [1.54, 1.807) is 0 Å². The van der Waals surface area contributed by atoms with Crippen molar-refractivity contribution in [3.63, 3.8) is 0 Å². The molecule has 1 saturated carbocycles. The first-order chi connectivity index (χ1) is 5.85. The van der Waals surface area contributed by atoms with Gasteiger partial charge in [0.25, 0.3) is 0 Å². The molecule has 1 aliphatic rings. The number of carboxylic acids is 1. The third kappa shape index (κ3) is 1.85. The predicted molar refractivity (Wildman–Crippen MR) is 51.3 cm³/mol. The summed E-state index contributed by atoms with van der Waals surface area (Å²) in [5, 5.41) is 8.67. The van der Waals surface area contributed by atoms with Gasteiger partial charge >= 0.3 is 5.97 Å². The van der Waals surface area contributed by atoms with Crippen molar-refractivity contribution in [2.75, 3.05) is 0 Å². The molecule has 76 valence electrons. The molecule has 0 aromatic carbocycles. The topological polar surface area (TPSA) is 63.3 Å². The lowest BCUT2D eigenvalue weighted by atomic mass is 9.52. The second-order valence-electron chi connectivity index (χ2n) is 4.82. The molecule has 1 rings (SSSR count). The molecule has 0 heterocycles. The van der Waals surface area contributed by atoms with E-state index in [0.717, 1.165) is 6.42 Å². The van der Waals surface area contributed by atoms with E-state index in [2.05, 4.69) is 13.8 Å². The number of nitrogens with two attached hydrogens (primary N) is 1. The smallest absolute Gasteiger partial charge is 0.303 e. The molecule has 1 fully saturated rings. The molecule has 3 heteroatoms. The van der Waals surface area contributed by atoms with Gasteiger partial charge in [-0.1, -0.05) is 13.8 Å². The van der Waals surface area contributed by atoms with Gasteiger partial charge in [-0.15, -0.1) is 0 Å². The number of hydrogen-bond acceptors (Lipinski definition) is 2. The zero-order valence-corrected chi connectivity index (χ0v) is 8.58. The second-order valence-corrected chi connectivity index (χ2v) is 4.82. The van der Waals surface area contributed by atoms with E-state index < -0.39 is 5.97 Å². The first kappa shape index (κ1) is 10.5. The van der Waals surface area contributed by atoms with Gasteiger partial charge in [0.1, 0.15) is 0 Å². The van der Waals surface area contributed by atoms with Gasteiger partial charge in [-0.25, -0.2) is 0 Å². The molecule has 0 saturated heterocycles. The molecule has 0 spiro atoms.